The van der Waals surface area contributed by atoms with Gasteiger partial charge >= 0.3 is 0 Å². The van der Waals surface area contributed by atoms with Gasteiger partial charge in [-0.2, -0.15) is 0 Å². The van der Waals surface area contributed by atoms with Crippen molar-refractivity contribution in [3.63, 3.8) is 0 Å². The first-order valence-corrected chi connectivity index (χ1v) is 9.37. The van der Waals surface area contributed by atoms with Crippen LogP contribution in [0.1, 0.15) is 15.9 Å². The molecule has 0 radical (unpaired) electrons. The van der Waals surface area contributed by atoms with Crippen LogP contribution in [0.2, 0.25) is 5.02 Å². The first-order chi connectivity index (χ1) is 13.4. The maximum absolute atomic E-state index is 13.9. The summed E-state index contributed by atoms with van der Waals surface area (Å²) >= 11 is 6.09. The van der Waals surface area contributed by atoms with Gasteiger partial charge in [-0.25, -0.2) is 4.39 Å². The highest BCUT2D eigenvalue weighted by Crippen LogP contribution is 2.21. The Kier molecular flexibility index (Phi) is 6.61. The number of nitrogens with one attached hydrogen (secondary N) is 1. The fourth-order valence-electron chi connectivity index (χ4n) is 3.13. The van der Waals surface area contributed by atoms with Crippen LogP contribution in [0, 0.1) is 5.82 Å². The van der Waals surface area contributed by atoms with Crippen LogP contribution in [0.15, 0.2) is 42.5 Å². The highest BCUT2D eigenvalue weighted by molar-refractivity contribution is 6.31. The van der Waals surface area contributed by atoms with E-state index in [9.17, 15) is 14.0 Å². The van der Waals surface area contributed by atoms with Crippen LogP contribution in [0.25, 0.3) is 0 Å². The zero-order chi connectivity index (χ0) is 20.1. The second-order valence-electron chi connectivity index (χ2n) is 6.74. The summed E-state index contributed by atoms with van der Waals surface area (Å²) in [7, 11) is 0. The van der Waals surface area contributed by atoms with E-state index in [-0.39, 0.29) is 18.3 Å². The molecular weight excluding hydrogens is 383 g/mol. The summed E-state index contributed by atoms with van der Waals surface area (Å²) in [6, 6.07) is 11.1. The fraction of sp³-hybridized carbons (Fsp3) is 0.300. The second kappa shape index (κ2) is 9.14. The highest BCUT2D eigenvalue weighted by Gasteiger charge is 2.20. The van der Waals surface area contributed by atoms with E-state index in [0.29, 0.717) is 41.5 Å². The predicted molar refractivity (Wildman–Crippen MR) is 107 cm³/mol. The minimum absolute atomic E-state index is 0.127. The number of hydrogen-bond donors (Lipinski definition) is 2. The highest BCUT2D eigenvalue weighted by atomic mass is 35.5. The number of nitrogens with zero attached hydrogens (tertiary/aromatic N) is 2. The molecule has 1 fully saturated rings. The number of benzene rings is 2. The van der Waals surface area contributed by atoms with E-state index in [1.165, 1.54) is 6.07 Å². The van der Waals surface area contributed by atoms with Crippen molar-refractivity contribution in [2.24, 2.45) is 5.73 Å². The molecule has 2 aromatic rings. The fourth-order valence-corrected chi connectivity index (χ4v) is 3.36. The SMILES string of the molecule is NC(=O)c1ccc(NC(=O)CN2CCN(Cc3c(F)cccc3Cl)CC2)cc1. The molecule has 1 heterocycles. The molecule has 0 atom stereocenters. The van der Waals surface area contributed by atoms with Crippen molar-refractivity contribution in [3.05, 3.63) is 64.4 Å². The van der Waals surface area contributed by atoms with Gasteiger partial charge in [0.05, 0.1) is 6.54 Å². The number of halogens is 2. The molecule has 148 valence electrons. The third-order valence-corrected chi connectivity index (χ3v) is 5.08. The number of carbonyl (C=O) groups excluding carboxylic acids is 2. The molecular formula is C20H22ClFN4O2. The van der Waals surface area contributed by atoms with Crippen molar-refractivity contribution in [3.8, 4) is 0 Å². The molecule has 0 spiro atoms. The number of primary amides is 1. The zero-order valence-electron chi connectivity index (χ0n) is 15.3. The second-order valence-corrected chi connectivity index (χ2v) is 7.15. The average molecular weight is 405 g/mol. The summed E-state index contributed by atoms with van der Waals surface area (Å²) in [4.78, 5) is 27.5. The van der Waals surface area contributed by atoms with Gasteiger partial charge in [0.25, 0.3) is 0 Å². The third-order valence-electron chi connectivity index (χ3n) is 4.73. The van der Waals surface area contributed by atoms with E-state index in [0.717, 1.165) is 13.1 Å². The van der Waals surface area contributed by atoms with Gasteiger partial charge in [-0.3, -0.25) is 19.4 Å². The number of nitrogens with two attached hydrogens (primary N) is 1. The van der Waals surface area contributed by atoms with Crippen LogP contribution in [0.5, 0.6) is 0 Å². The molecule has 0 aromatic heterocycles. The third kappa shape index (κ3) is 5.28. The van der Waals surface area contributed by atoms with Gasteiger partial charge in [-0.05, 0) is 36.4 Å². The molecule has 28 heavy (non-hydrogen) atoms. The molecule has 6 nitrogen and oxygen atoms in total. The van der Waals surface area contributed by atoms with E-state index >= 15 is 0 Å². The topological polar surface area (TPSA) is 78.7 Å². The number of amides is 2. The van der Waals surface area contributed by atoms with Crippen molar-refractivity contribution >= 4 is 29.1 Å². The van der Waals surface area contributed by atoms with E-state index in [4.69, 9.17) is 17.3 Å². The van der Waals surface area contributed by atoms with Crippen LogP contribution in [-0.2, 0) is 11.3 Å². The van der Waals surface area contributed by atoms with E-state index in [2.05, 4.69) is 10.2 Å². The molecule has 1 aliphatic rings. The van der Waals surface area contributed by atoms with Gasteiger partial charge in [0.15, 0.2) is 0 Å². The van der Waals surface area contributed by atoms with E-state index < -0.39 is 5.91 Å². The largest absolute Gasteiger partial charge is 0.366 e. The number of hydrogen-bond acceptors (Lipinski definition) is 4. The molecule has 2 aromatic carbocycles. The Morgan fingerprint density at radius 3 is 2.29 bits per heavy atom. The van der Waals surface area contributed by atoms with Crippen LogP contribution >= 0.6 is 11.6 Å². The Morgan fingerprint density at radius 2 is 1.68 bits per heavy atom. The van der Waals surface area contributed by atoms with Gasteiger partial charge in [0.1, 0.15) is 5.82 Å². The van der Waals surface area contributed by atoms with E-state index in [1.807, 2.05) is 4.90 Å². The minimum Gasteiger partial charge on any atom is -0.366 e. The van der Waals surface area contributed by atoms with Crippen molar-refractivity contribution < 1.29 is 14.0 Å². The lowest BCUT2D eigenvalue weighted by Gasteiger charge is -2.34. The zero-order valence-corrected chi connectivity index (χ0v) is 16.1. The van der Waals surface area contributed by atoms with Crippen LogP contribution in [-0.4, -0.2) is 54.3 Å². The normalized spacial score (nSPS) is 15.4. The quantitative estimate of drug-likeness (QED) is 0.774. The monoisotopic (exact) mass is 404 g/mol. The Labute approximate surface area is 168 Å². The molecule has 3 rings (SSSR count). The predicted octanol–water partition coefficient (Wildman–Crippen LogP) is 2.33. The van der Waals surface area contributed by atoms with Gasteiger partial charge in [-0.15, -0.1) is 0 Å². The summed E-state index contributed by atoms with van der Waals surface area (Å²) in [5.74, 6) is -0.929. The Hall–Kier alpha value is -2.48. The molecule has 2 amide bonds. The van der Waals surface area contributed by atoms with E-state index in [1.54, 1.807) is 36.4 Å². The first-order valence-electron chi connectivity index (χ1n) is 8.99. The smallest absolute Gasteiger partial charge is 0.248 e. The maximum Gasteiger partial charge on any atom is 0.248 e. The number of rotatable bonds is 6. The van der Waals surface area contributed by atoms with Crippen molar-refractivity contribution in [2.45, 2.75) is 6.54 Å². The molecule has 3 N–H and O–H groups in total. The van der Waals surface area contributed by atoms with Crippen LogP contribution in [0.3, 0.4) is 0 Å². The van der Waals surface area contributed by atoms with Crippen LogP contribution in [0.4, 0.5) is 10.1 Å². The lowest BCUT2D eigenvalue weighted by molar-refractivity contribution is -0.117. The van der Waals surface area contributed by atoms with Crippen molar-refractivity contribution in [1.29, 1.82) is 0 Å². The average Bonchev–Trinajstić information content (AvgIpc) is 2.66. The van der Waals surface area contributed by atoms with Crippen molar-refractivity contribution in [2.75, 3.05) is 38.0 Å². The molecule has 0 saturated carbocycles. The number of anilines is 1. The lowest BCUT2D eigenvalue weighted by atomic mass is 10.2. The molecule has 0 unspecified atom stereocenters. The number of carbonyl (C=O) groups is 2. The number of piperazine rings is 1. The van der Waals surface area contributed by atoms with Crippen LogP contribution < -0.4 is 11.1 Å². The molecule has 1 aliphatic heterocycles. The standard InChI is InChI=1S/C20H22ClFN4O2/c21-17-2-1-3-18(22)16(17)12-25-8-10-26(11-9-25)13-19(27)24-15-6-4-14(5-7-15)20(23)28/h1-7H,8-13H2,(H2,23,28)(H,24,27). The maximum atomic E-state index is 13.9. The van der Waals surface area contributed by atoms with Crippen molar-refractivity contribution in [1.82, 2.24) is 9.80 Å². The summed E-state index contributed by atoms with van der Waals surface area (Å²) in [5.41, 5.74) is 6.72. The summed E-state index contributed by atoms with van der Waals surface area (Å²) < 4.78 is 13.9. The Bertz CT molecular complexity index is 832. The minimum atomic E-state index is -0.507. The molecule has 1 saturated heterocycles. The van der Waals surface area contributed by atoms with Gasteiger partial charge < -0.3 is 11.1 Å². The first kappa shape index (κ1) is 20.3. The lowest BCUT2D eigenvalue weighted by Crippen LogP contribution is -2.48. The van der Waals surface area contributed by atoms with Gasteiger partial charge in [0.2, 0.25) is 11.8 Å². The molecule has 0 aliphatic carbocycles. The Morgan fingerprint density at radius 1 is 1.04 bits per heavy atom. The summed E-state index contributed by atoms with van der Waals surface area (Å²) in [6.07, 6.45) is 0. The Balaban J connectivity index is 1.46. The summed E-state index contributed by atoms with van der Waals surface area (Å²) in [5, 5.41) is 3.24. The molecule has 0 bridgehead atoms. The summed E-state index contributed by atoms with van der Waals surface area (Å²) in [6.45, 7) is 3.60. The van der Waals surface area contributed by atoms with Gasteiger partial charge in [0, 0.05) is 54.6 Å². The molecule has 8 heteroatoms. The van der Waals surface area contributed by atoms with Gasteiger partial charge in [-0.1, -0.05) is 17.7 Å².